The topological polar surface area (TPSA) is 138 Å². The van der Waals surface area contributed by atoms with Crippen molar-refractivity contribution in [2.24, 2.45) is 0 Å². The van der Waals surface area contributed by atoms with Crippen LogP contribution in [0.25, 0.3) is 0 Å². The summed E-state index contributed by atoms with van der Waals surface area (Å²) in [6.07, 6.45) is 5.28. The molecule has 11 nitrogen and oxygen atoms in total. The van der Waals surface area contributed by atoms with Crippen LogP contribution in [-0.2, 0) is 26.9 Å². The Morgan fingerprint density at radius 1 is 1.11 bits per heavy atom. The standard InChI is InChI=1S/C35H37N5O6S/c1-5-23(2)38-22-25-9-15-32(45-4)29(20-25)35(39-17-6-7-31(39)33-37-16-18-46-33)28-19-24(21-36)8-14-30(28)40(34(35)41)47(42,43)27-12-10-26(44-3)11-13-27/h8-16,18-20,23,31,38H,5-7,17,22H2,1-4H3. The van der Waals surface area contributed by atoms with Crippen molar-refractivity contribution in [2.75, 3.05) is 25.1 Å². The van der Waals surface area contributed by atoms with E-state index >= 15 is 4.79 Å². The van der Waals surface area contributed by atoms with Gasteiger partial charge in [0.05, 0.1) is 48.7 Å². The number of amides is 1. The molecule has 3 atom stereocenters. The van der Waals surface area contributed by atoms with Gasteiger partial charge in [0.1, 0.15) is 17.8 Å². The SMILES string of the molecule is CCC(C)NCc1ccc(OC)c(C2(N3CCCC3c3ncco3)C(=O)N(S(=O)(=O)c3ccc(OC)cc3)c3ccc(C#N)cc32)c1. The highest BCUT2D eigenvalue weighted by molar-refractivity contribution is 7.93. The molecule has 0 saturated carbocycles. The fourth-order valence-electron chi connectivity index (χ4n) is 6.64. The van der Waals surface area contributed by atoms with Gasteiger partial charge in [0.2, 0.25) is 5.89 Å². The molecular formula is C35H37N5O6S. The molecule has 0 spiro atoms. The average molecular weight is 656 g/mol. The fourth-order valence-corrected chi connectivity index (χ4v) is 8.10. The maximum atomic E-state index is 15.5. The third-order valence-electron chi connectivity index (χ3n) is 9.17. The summed E-state index contributed by atoms with van der Waals surface area (Å²) in [5.74, 6) is 0.587. The Morgan fingerprint density at radius 3 is 2.55 bits per heavy atom. The number of nitrogens with one attached hydrogen (secondary N) is 1. The second-order valence-corrected chi connectivity index (χ2v) is 13.5. The van der Waals surface area contributed by atoms with Crippen LogP contribution in [0.1, 0.15) is 67.3 Å². The molecule has 2 aliphatic rings. The summed E-state index contributed by atoms with van der Waals surface area (Å²) in [6, 6.07) is 18.2. The summed E-state index contributed by atoms with van der Waals surface area (Å²) in [4.78, 5) is 21.8. The quantitative estimate of drug-likeness (QED) is 0.228. The molecule has 1 aromatic heterocycles. The number of benzene rings is 3. The molecule has 0 bridgehead atoms. The minimum atomic E-state index is -4.45. The van der Waals surface area contributed by atoms with Crippen molar-refractivity contribution in [3.05, 3.63) is 101 Å². The van der Waals surface area contributed by atoms with Gasteiger partial charge in [-0.1, -0.05) is 13.0 Å². The molecular weight excluding hydrogens is 618 g/mol. The van der Waals surface area contributed by atoms with Gasteiger partial charge in [-0.15, -0.1) is 0 Å². The highest BCUT2D eigenvalue weighted by Gasteiger charge is 2.62. The third-order valence-corrected chi connectivity index (χ3v) is 10.9. The van der Waals surface area contributed by atoms with E-state index in [9.17, 15) is 13.7 Å². The molecule has 1 N–H and O–H groups in total. The summed E-state index contributed by atoms with van der Waals surface area (Å²) in [7, 11) is -1.44. The first-order chi connectivity index (χ1) is 22.7. The Hall–Kier alpha value is -4.70. The van der Waals surface area contributed by atoms with Crippen LogP contribution in [0.15, 0.2) is 82.4 Å². The molecule has 1 saturated heterocycles. The monoisotopic (exact) mass is 655 g/mol. The van der Waals surface area contributed by atoms with Crippen molar-refractivity contribution in [3.63, 3.8) is 0 Å². The van der Waals surface area contributed by atoms with E-state index in [0.717, 1.165) is 16.3 Å². The maximum Gasteiger partial charge on any atom is 0.271 e. The minimum Gasteiger partial charge on any atom is -0.497 e. The highest BCUT2D eigenvalue weighted by atomic mass is 32.2. The number of fused-ring (bicyclic) bond motifs is 1. The highest BCUT2D eigenvalue weighted by Crippen LogP contribution is 2.56. The second-order valence-electron chi connectivity index (χ2n) is 11.8. The molecule has 47 heavy (non-hydrogen) atoms. The zero-order valence-electron chi connectivity index (χ0n) is 26.8. The number of methoxy groups -OCH3 is 2. The first kappa shape index (κ1) is 32.2. The Labute approximate surface area is 274 Å². The van der Waals surface area contributed by atoms with Crippen LogP contribution in [0, 0.1) is 11.3 Å². The first-order valence-electron chi connectivity index (χ1n) is 15.6. The molecule has 0 aliphatic carbocycles. The molecule has 3 heterocycles. The van der Waals surface area contributed by atoms with Crippen LogP contribution >= 0.6 is 0 Å². The van der Waals surface area contributed by atoms with Gasteiger partial charge in [0.25, 0.3) is 15.9 Å². The van der Waals surface area contributed by atoms with Crippen molar-refractivity contribution in [1.82, 2.24) is 15.2 Å². The summed E-state index contributed by atoms with van der Waals surface area (Å²) in [5.41, 5.74) is 0.431. The summed E-state index contributed by atoms with van der Waals surface area (Å²) < 4.78 is 46.9. The molecule has 3 aromatic carbocycles. The van der Waals surface area contributed by atoms with Gasteiger partial charge in [-0.25, -0.2) is 17.7 Å². The number of rotatable bonds is 11. The molecule has 1 amide bonds. The van der Waals surface area contributed by atoms with E-state index in [1.165, 1.54) is 56.9 Å². The number of sulfonamides is 1. The molecule has 2 aliphatic heterocycles. The second kappa shape index (κ2) is 12.8. The molecule has 12 heteroatoms. The van der Waals surface area contributed by atoms with E-state index in [0.29, 0.717) is 54.4 Å². The smallest absolute Gasteiger partial charge is 0.271 e. The normalized spacial score (nSPS) is 20.2. The van der Waals surface area contributed by atoms with E-state index in [2.05, 4.69) is 30.2 Å². The lowest BCUT2D eigenvalue weighted by atomic mass is 9.79. The van der Waals surface area contributed by atoms with E-state index in [-0.39, 0.29) is 22.2 Å². The van der Waals surface area contributed by atoms with Gasteiger partial charge >= 0.3 is 0 Å². The number of likely N-dealkylation sites (tertiary alicyclic amines) is 1. The number of carbonyl (C=O) groups is 1. The van der Waals surface area contributed by atoms with E-state index in [4.69, 9.17) is 13.9 Å². The summed E-state index contributed by atoms with van der Waals surface area (Å²) in [6.45, 7) is 5.13. The van der Waals surface area contributed by atoms with Crippen LogP contribution in [0.5, 0.6) is 11.5 Å². The van der Waals surface area contributed by atoms with Gasteiger partial charge in [-0.2, -0.15) is 5.26 Å². The number of hydrogen-bond acceptors (Lipinski definition) is 10. The average Bonchev–Trinajstić information content (AvgIpc) is 3.85. The zero-order chi connectivity index (χ0) is 33.3. The first-order valence-corrected chi connectivity index (χ1v) is 17.0. The number of hydrogen-bond donors (Lipinski definition) is 1. The number of nitrogens with zero attached hydrogens (tertiary/aromatic N) is 4. The molecule has 244 valence electrons. The summed E-state index contributed by atoms with van der Waals surface area (Å²) in [5, 5.41) is 13.5. The Morgan fingerprint density at radius 2 is 1.89 bits per heavy atom. The van der Waals surface area contributed by atoms with Gasteiger partial charge in [0.15, 0.2) is 5.54 Å². The van der Waals surface area contributed by atoms with Crippen molar-refractivity contribution in [3.8, 4) is 17.6 Å². The number of oxazole rings is 1. The molecule has 1 fully saturated rings. The van der Waals surface area contributed by atoms with E-state index in [1.54, 1.807) is 12.3 Å². The predicted octanol–water partition coefficient (Wildman–Crippen LogP) is 5.27. The number of anilines is 1. The Bertz CT molecular complexity index is 1920. The number of aromatic nitrogens is 1. The summed E-state index contributed by atoms with van der Waals surface area (Å²) >= 11 is 0. The zero-order valence-corrected chi connectivity index (χ0v) is 27.6. The fraction of sp³-hybridized carbons (Fsp3) is 0.343. The molecule has 3 unspecified atom stereocenters. The van der Waals surface area contributed by atoms with Gasteiger partial charge in [-0.05, 0) is 86.3 Å². The van der Waals surface area contributed by atoms with Crippen LogP contribution in [0.4, 0.5) is 5.69 Å². The Balaban J connectivity index is 1.65. The number of nitriles is 1. The van der Waals surface area contributed by atoms with Crippen LogP contribution in [0.2, 0.25) is 0 Å². The minimum absolute atomic E-state index is 0.0816. The number of carbonyl (C=O) groups excluding carboxylic acids is 1. The lowest BCUT2D eigenvalue weighted by Crippen LogP contribution is -2.54. The van der Waals surface area contributed by atoms with Crippen molar-refractivity contribution in [1.29, 1.82) is 5.26 Å². The van der Waals surface area contributed by atoms with Gasteiger partial charge in [0, 0.05) is 30.3 Å². The largest absolute Gasteiger partial charge is 0.497 e. The van der Waals surface area contributed by atoms with Gasteiger partial charge < -0.3 is 19.2 Å². The van der Waals surface area contributed by atoms with Crippen molar-refractivity contribution < 1.29 is 27.1 Å². The van der Waals surface area contributed by atoms with Crippen LogP contribution < -0.4 is 19.1 Å². The third kappa shape index (κ3) is 5.34. The lowest BCUT2D eigenvalue weighted by Gasteiger charge is -2.41. The molecule has 0 radical (unpaired) electrons. The molecule has 4 aromatic rings. The van der Waals surface area contributed by atoms with Crippen LogP contribution in [0.3, 0.4) is 0 Å². The Kier molecular flexibility index (Phi) is 8.80. The predicted molar refractivity (Wildman–Crippen MR) is 174 cm³/mol. The van der Waals surface area contributed by atoms with Gasteiger partial charge in [-0.3, -0.25) is 9.69 Å². The van der Waals surface area contributed by atoms with Crippen LogP contribution in [-0.4, -0.2) is 51.0 Å². The van der Waals surface area contributed by atoms with Crippen molar-refractivity contribution >= 4 is 21.6 Å². The lowest BCUT2D eigenvalue weighted by molar-refractivity contribution is -0.127. The van der Waals surface area contributed by atoms with E-state index in [1.807, 2.05) is 23.1 Å². The molecule has 6 rings (SSSR count). The maximum absolute atomic E-state index is 15.5. The van der Waals surface area contributed by atoms with Crippen molar-refractivity contribution in [2.45, 2.75) is 62.2 Å². The number of ether oxygens (including phenoxy) is 2. The van der Waals surface area contributed by atoms with E-state index < -0.39 is 27.5 Å².